The average Bonchev–Trinajstić information content (AvgIpc) is 3.12. The summed E-state index contributed by atoms with van der Waals surface area (Å²) in [6, 6.07) is 18.1. The molecule has 49 heavy (non-hydrogen) atoms. The van der Waals surface area contributed by atoms with Gasteiger partial charge in [-0.05, 0) is 91.9 Å². The molecule has 2 heterocycles. The van der Waals surface area contributed by atoms with Crippen LogP contribution >= 0.6 is 0 Å². The molecule has 4 aromatic rings. The molecular weight excluding hydrogens is 635 g/mol. The van der Waals surface area contributed by atoms with E-state index in [-0.39, 0.29) is 29.1 Å². The molecule has 3 N–H and O–H groups in total. The van der Waals surface area contributed by atoms with Crippen molar-refractivity contribution >= 4 is 29.1 Å². The molecule has 0 atom stereocenters. The molecule has 1 fully saturated rings. The number of nitrogens with one attached hydrogen (secondary N) is 3. The maximum atomic E-state index is 13.7. The Bertz CT molecular complexity index is 1820. The number of alkyl halides is 3. The fourth-order valence-electron chi connectivity index (χ4n) is 5.58. The van der Waals surface area contributed by atoms with Gasteiger partial charge >= 0.3 is 6.18 Å². The van der Waals surface area contributed by atoms with Crippen molar-refractivity contribution in [3.8, 4) is 17.0 Å². The molecular formula is C37H38F3N5O4. The van der Waals surface area contributed by atoms with Crippen molar-refractivity contribution < 1.29 is 32.3 Å². The lowest BCUT2D eigenvalue weighted by Gasteiger charge is -2.29. The number of aromatic nitrogens is 1. The fraction of sp³-hybridized carbons (Fsp3) is 0.297. The first-order valence-corrected chi connectivity index (χ1v) is 16.1. The summed E-state index contributed by atoms with van der Waals surface area (Å²) < 4.78 is 44.9. The summed E-state index contributed by atoms with van der Waals surface area (Å²) in [6.45, 7) is 4.08. The minimum absolute atomic E-state index is 0.106. The number of rotatable bonds is 11. The number of pyridine rings is 1. The largest absolute Gasteiger partial charge is 0.497 e. The molecule has 1 aliphatic rings. The second kappa shape index (κ2) is 15.7. The number of hydrogen-bond donors (Lipinski definition) is 3. The van der Waals surface area contributed by atoms with Crippen LogP contribution in [-0.2, 0) is 12.7 Å². The lowest BCUT2D eigenvalue weighted by Crippen LogP contribution is -2.29. The van der Waals surface area contributed by atoms with E-state index in [2.05, 4.69) is 25.8 Å². The summed E-state index contributed by atoms with van der Waals surface area (Å²) in [6.07, 6.45) is 0.988. The highest BCUT2D eigenvalue weighted by molar-refractivity contribution is 6.08. The summed E-state index contributed by atoms with van der Waals surface area (Å²) in [5.41, 5.74) is 2.59. The smallest absolute Gasteiger partial charge is 0.416 e. The summed E-state index contributed by atoms with van der Waals surface area (Å²) in [5.74, 6) is -0.955. The molecule has 0 spiro atoms. The Morgan fingerprint density at radius 3 is 2.29 bits per heavy atom. The van der Waals surface area contributed by atoms with Crippen LogP contribution in [0.15, 0.2) is 79.0 Å². The zero-order chi connectivity index (χ0) is 35.0. The highest BCUT2D eigenvalue weighted by atomic mass is 19.4. The molecule has 1 aromatic heterocycles. The second-order valence-electron chi connectivity index (χ2n) is 11.7. The molecule has 1 saturated heterocycles. The molecule has 0 saturated carbocycles. The zero-order valence-electron chi connectivity index (χ0n) is 27.3. The van der Waals surface area contributed by atoms with Crippen LogP contribution in [0.3, 0.4) is 0 Å². The van der Waals surface area contributed by atoms with E-state index in [0.717, 1.165) is 56.6 Å². The number of halogens is 3. The first-order valence-electron chi connectivity index (χ1n) is 16.1. The average molecular weight is 674 g/mol. The number of anilines is 2. The Labute approximate surface area is 282 Å². The van der Waals surface area contributed by atoms with Crippen LogP contribution in [0.25, 0.3) is 11.3 Å². The number of amides is 3. The van der Waals surface area contributed by atoms with Gasteiger partial charge in [-0.25, -0.2) is 0 Å². The quantitative estimate of drug-likeness (QED) is 0.157. The highest BCUT2D eigenvalue weighted by Crippen LogP contribution is 2.34. The standard InChI is InChI=1S/C37H38F3N5O4/c1-3-13-42-35(47)26-18-27(20-30(19-26)49-2)36(48)44-32-11-10-29(45-15-5-4-6-16-45)22-31(32)33-21-25(12-14-41-33)34(46)43-23-24-8-7-9-28(17-24)37(38,39)40/h7-12,14,17-22H,3-6,13,15-16,23H2,1-2H3,(H,42,47)(H,43,46)(H,44,48). The molecule has 0 radical (unpaired) electrons. The van der Waals surface area contributed by atoms with Gasteiger partial charge < -0.3 is 25.6 Å². The van der Waals surface area contributed by atoms with Crippen LogP contribution in [0.5, 0.6) is 5.75 Å². The number of piperidine rings is 1. The van der Waals surface area contributed by atoms with Gasteiger partial charge in [0.25, 0.3) is 17.7 Å². The van der Waals surface area contributed by atoms with Gasteiger partial charge in [-0.1, -0.05) is 19.1 Å². The van der Waals surface area contributed by atoms with Gasteiger partial charge in [-0.2, -0.15) is 13.2 Å². The molecule has 256 valence electrons. The minimum Gasteiger partial charge on any atom is -0.497 e. The van der Waals surface area contributed by atoms with Gasteiger partial charge in [-0.15, -0.1) is 0 Å². The van der Waals surface area contributed by atoms with E-state index in [1.807, 2.05) is 19.1 Å². The molecule has 1 aliphatic heterocycles. The Hall–Kier alpha value is -5.39. The number of benzene rings is 3. The first kappa shape index (κ1) is 34.9. The third-order valence-corrected chi connectivity index (χ3v) is 8.18. The number of methoxy groups -OCH3 is 1. The van der Waals surface area contributed by atoms with Crippen LogP contribution in [0.2, 0.25) is 0 Å². The van der Waals surface area contributed by atoms with E-state index in [9.17, 15) is 27.6 Å². The highest BCUT2D eigenvalue weighted by Gasteiger charge is 2.30. The first-order chi connectivity index (χ1) is 23.5. The van der Waals surface area contributed by atoms with E-state index >= 15 is 0 Å². The van der Waals surface area contributed by atoms with Crippen molar-refractivity contribution in [2.24, 2.45) is 0 Å². The SMILES string of the molecule is CCCNC(=O)c1cc(OC)cc(C(=O)Nc2ccc(N3CCCCC3)cc2-c2cc(C(=O)NCc3cccc(C(F)(F)F)c3)ccn2)c1. The van der Waals surface area contributed by atoms with Crippen molar-refractivity contribution in [2.45, 2.75) is 45.3 Å². The molecule has 0 bridgehead atoms. The van der Waals surface area contributed by atoms with Crippen molar-refractivity contribution in [2.75, 3.05) is 37.0 Å². The van der Waals surface area contributed by atoms with Crippen LogP contribution < -0.4 is 25.6 Å². The van der Waals surface area contributed by atoms with Gasteiger partial charge in [-0.3, -0.25) is 19.4 Å². The maximum Gasteiger partial charge on any atom is 0.416 e. The number of carbonyl (C=O) groups is 3. The van der Waals surface area contributed by atoms with Crippen molar-refractivity contribution in [1.82, 2.24) is 15.6 Å². The monoisotopic (exact) mass is 673 g/mol. The number of carbonyl (C=O) groups excluding carboxylic acids is 3. The second-order valence-corrected chi connectivity index (χ2v) is 11.7. The van der Waals surface area contributed by atoms with Crippen LogP contribution in [-0.4, -0.2) is 49.4 Å². The van der Waals surface area contributed by atoms with Crippen molar-refractivity contribution in [3.05, 3.63) is 107 Å². The van der Waals surface area contributed by atoms with E-state index in [4.69, 9.17) is 4.74 Å². The molecule has 3 aromatic carbocycles. The summed E-state index contributed by atoms with van der Waals surface area (Å²) >= 11 is 0. The molecule has 12 heteroatoms. The molecule has 0 aliphatic carbocycles. The fourth-order valence-corrected chi connectivity index (χ4v) is 5.58. The van der Waals surface area contributed by atoms with Gasteiger partial charge in [0.2, 0.25) is 0 Å². The van der Waals surface area contributed by atoms with E-state index < -0.39 is 23.6 Å². The third kappa shape index (κ3) is 8.95. The van der Waals surface area contributed by atoms with E-state index in [1.54, 1.807) is 24.3 Å². The number of hydrogen-bond acceptors (Lipinski definition) is 6. The summed E-state index contributed by atoms with van der Waals surface area (Å²) in [7, 11) is 1.45. The number of nitrogens with zero attached hydrogens (tertiary/aromatic N) is 2. The topological polar surface area (TPSA) is 113 Å². The van der Waals surface area contributed by atoms with Crippen molar-refractivity contribution in [1.29, 1.82) is 0 Å². The minimum atomic E-state index is -4.49. The Morgan fingerprint density at radius 2 is 1.57 bits per heavy atom. The molecule has 0 unspecified atom stereocenters. The number of ether oxygens (including phenoxy) is 1. The summed E-state index contributed by atoms with van der Waals surface area (Å²) in [4.78, 5) is 46.3. The van der Waals surface area contributed by atoms with Crippen LogP contribution in [0, 0.1) is 0 Å². The van der Waals surface area contributed by atoms with Crippen molar-refractivity contribution in [3.63, 3.8) is 0 Å². The molecule has 5 rings (SSSR count). The van der Waals surface area contributed by atoms with Gasteiger partial charge in [0.1, 0.15) is 5.75 Å². The van der Waals surface area contributed by atoms with Gasteiger partial charge in [0.05, 0.1) is 24.1 Å². The third-order valence-electron chi connectivity index (χ3n) is 8.18. The van der Waals surface area contributed by atoms with Crippen LogP contribution in [0.4, 0.5) is 24.5 Å². The van der Waals surface area contributed by atoms with Gasteiger partial charge in [0.15, 0.2) is 0 Å². The lowest BCUT2D eigenvalue weighted by molar-refractivity contribution is -0.137. The predicted octanol–water partition coefficient (Wildman–Crippen LogP) is 7.09. The Kier molecular flexibility index (Phi) is 11.2. The predicted molar refractivity (Wildman–Crippen MR) is 182 cm³/mol. The summed E-state index contributed by atoms with van der Waals surface area (Å²) in [5, 5.41) is 8.44. The Balaban J connectivity index is 1.43. The Morgan fingerprint density at radius 1 is 0.837 bits per heavy atom. The molecule has 3 amide bonds. The van der Waals surface area contributed by atoms with E-state index in [1.165, 1.54) is 37.6 Å². The van der Waals surface area contributed by atoms with E-state index in [0.29, 0.717) is 34.8 Å². The zero-order valence-corrected chi connectivity index (χ0v) is 27.3. The van der Waals surface area contributed by atoms with Gasteiger partial charge in [0, 0.05) is 60.3 Å². The normalized spacial score (nSPS) is 13.0. The molecule has 9 nitrogen and oxygen atoms in total. The maximum absolute atomic E-state index is 13.7. The van der Waals surface area contributed by atoms with Crippen LogP contribution in [0.1, 0.15) is 74.8 Å². The lowest BCUT2D eigenvalue weighted by atomic mass is 10.0.